The number of benzene rings is 1. The van der Waals surface area contributed by atoms with E-state index >= 15 is 0 Å². The molecule has 1 aliphatic heterocycles. The second kappa shape index (κ2) is 7.48. The minimum absolute atomic E-state index is 0.221. The van der Waals surface area contributed by atoms with Crippen molar-refractivity contribution >= 4 is 11.3 Å². The van der Waals surface area contributed by atoms with Crippen molar-refractivity contribution in [3.05, 3.63) is 75.7 Å². The van der Waals surface area contributed by atoms with Crippen molar-refractivity contribution in [2.24, 2.45) is 0 Å². The van der Waals surface area contributed by atoms with E-state index in [0.29, 0.717) is 0 Å². The Hall–Kier alpha value is -2.37. The van der Waals surface area contributed by atoms with Gasteiger partial charge in [0.25, 0.3) is 0 Å². The summed E-state index contributed by atoms with van der Waals surface area (Å²) >= 11 is 1.80. The first-order chi connectivity index (χ1) is 12.8. The number of hydrogen-bond donors (Lipinski definition) is 0. The molecule has 4 nitrogen and oxygen atoms in total. The van der Waals surface area contributed by atoms with Crippen molar-refractivity contribution in [2.45, 2.75) is 19.0 Å². The molecule has 0 saturated heterocycles. The number of pyridine rings is 1. The molecule has 26 heavy (non-hydrogen) atoms. The zero-order valence-electron chi connectivity index (χ0n) is 15.0. The lowest BCUT2D eigenvalue weighted by Crippen LogP contribution is -2.35. The zero-order valence-corrected chi connectivity index (χ0v) is 15.8. The van der Waals surface area contributed by atoms with Gasteiger partial charge in [0, 0.05) is 30.4 Å². The Labute approximate surface area is 158 Å². The molecule has 0 aliphatic carbocycles. The van der Waals surface area contributed by atoms with Crippen LogP contribution in [-0.2, 0) is 13.0 Å². The highest BCUT2D eigenvalue weighted by Crippen LogP contribution is 2.42. The van der Waals surface area contributed by atoms with E-state index in [9.17, 15) is 0 Å². The predicted octanol–water partition coefficient (Wildman–Crippen LogP) is 4.31. The van der Waals surface area contributed by atoms with Crippen LogP contribution in [0.1, 0.15) is 27.6 Å². The van der Waals surface area contributed by atoms with Crippen LogP contribution in [0.2, 0.25) is 0 Å². The standard InChI is InChI=1S/C21H22N2O2S/c1-24-18-11-16-7-9-23(14-15-5-3-8-22-13-15)21(20-6-4-10-26-20)17(16)12-19(18)25-2/h3-6,8,10-13,21H,7,9,14H2,1-2H3. The van der Waals surface area contributed by atoms with E-state index in [1.807, 2.05) is 18.5 Å². The van der Waals surface area contributed by atoms with E-state index in [0.717, 1.165) is 31.0 Å². The van der Waals surface area contributed by atoms with Crippen LogP contribution in [0.5, 0.6) is 11.5 Å². The summed E-state index contributed by atoms with van der Waals surface area (Å²) in [6.45, 7) is 1.88. The molecule has 134 valence electrons. The average molecular weight is 366 g/mol. The Bertz CT molecular complexity index is 865. The summed E-state index contributed by atoms with van der Waals surface area (Å²) in [5, 5.41) is 2.15. The predicted molar refractivity (Wildman–Crippen MR) is 104 cm³/mol. The minimum atomic E-state index is 0.221. The third kappa shape index (κ3) is 3.20. The number of fused-ring (bicyclic) bond motifs is 1. The SMILES string of the molecule is COc1cc2c(cc1OC)C(c1cccs1)N(Cc1cccnc1)CC2. The average Bonchev–Trinajstić information content (AvgIpc) is 3.21. The molecule has 0 fully saturated rings. The fourth-order valence-electron chi connectivity index (χ4n) is 3.67. The number of nitrogens with zero attached hydrogens (tertiary/aromatic N) is 2. The second-order valence-corrected chi connectivity index (χ2v) is 7.38. The highest BCUT2D eigenvalue weighted by atomic mass is 32.1. The molecule has 0 radical (unpaired) electrons. The molecular weight excluding hydrogens is 344 g/mol. The number of thiophene rings is 1. The van der Waals surface area contributed by atoms with Crippen LogP contribution in [0.25, 0.3) is 0 Å². The molecule has 1 unspecified atom stereocenters. The number of rotatable bonds is 5. The maximum Gasteiger partial charge on any atom is 0.161 e. The monoisotopic (exact) mass is 366 g/mol. The van der Waals surface area contributed by atoms with E-state index in [4.69, 9.17) is 9.47 Å². The largest absolute Gasteiger partial charge is 0.493 e. The summed E-state index contributed by atoms with van der Waals surface area (Å²) in [7, 11) is 3.39. The molecule has 3 heterocycles. The lowest BCUT2D eigenvalue weighted by molar-refractivity contribution is 0.206. The van der Waals surface area contributed by atoms with Crippen LogP contribution in [0.15, 0.2) is 54.2 Å². The smallest absolute Gasteiger partial charge is 0.161 e. The van der Waals surface area contributed by atoms with Crippen LogP contribution in [0.4, 0.5) is 0 Å². The van der Waals surface area contributed by atoms with Crippen LogP contribution in [0, 0.1) is 0 Å². The van der Waals surface area contributed by atoms with E-state index in [1.54, 1.807) is 25.6 Å². The molecule has 0 amide bonds. The first-order valence-corrected chi connectivity index (χ1v) is 9.59. The summed E-state index contributed by atoms with van der Waals surface area (Å²) < 4.78 is 11.1. The second-order valence-electron chi connectivity index (χ2n) is 6.41. The van der Waals surface area contributed by atoms with E-state index in [-0.39, 0.29) is 6.04 Å². The highest BCUT2D eigenvalue weighted by molar-refractivity contribution is 7.10. The Kier molecular flexibility index (Phi) is 4.91. The Morgan fingerprint density at radius 2 is 2.00 bits per heavy atom. The van der Waals surface area contributed by atoms with Crippen LogP contribution in [-0.4, -0.2) is 30.6 Å². The van der Waals surface area contributed by atoms with Gasteiger partial charge in [-0.3, -0.25) is 9.88 Å². The maximum absolute atomic E-state index is 5.57. The minimum Gasteiger partial charge on any atom is -0.493 e. The quantitative estimate of drug-likeness (QED) is 0.674. The van der Waals surface area contributed by atoms with Gasteiger partial charge in [-0.2, -0.15) is 0 Å². The van der Waals surface area contributed by atoms with Gasteiger partial charge in [-0.25, -0.2) is 0 Å². The van der Waals surface area contributed by atoms with Gasteiger partial charge in [-0.1, -0.05) is 12.1 Å². The molecule has 4 rings (SSSR count). The van der Waals surface area contributed by atoms with Crippen LogP contribution < -0.4 is 9.47 Å². The molecular formula is C21H22N2O2S. The van der Waals surface area contributed by atoms with Gasteiger partial charge in [0.05, 0.1) is 20.3 Å². The molecule has 2 aromatic heterocycles. The molecule has 1 aliphatic rings. The number of ether oxygens (including phenoxy) is 2. The van der Waals surface area contributed by atoms with Crippen molar-refractivity contribution < 1.29 is 9.47 Å². The molecule has 0 saturated carbocycles. The first-order valence-electron chi connectivity index (χ1n) is 8.71. The van der Waals surface area contributed by atoms with E-state index in [1.165, 1.54) is 21.6 Å². The number of hydrogen-bond acceptors (Lipinski definition) is 5. The van der Waals surface area contributed by atoms with Crippen molar-refractivity contribution in [2.75, 3.05) is 20.8 Å². The summed E-state index contributed by atoms with van der Waals surface area (Å²) in [5.41, 5.74) is 3.88. The van der Waals surface area contributed by atoms with Crippen molar-refractivity contribution in [1.29, 1.82) is 0 Å². The third-order valence-corrected chi connectivity index (χ3v) is 5.82. The first kappa shape index (κ1) is 17.1. The van der Waals surface area contributed by atoms with Gasteiger partial charge in [0.2, 0.25) is 0 Å². The molecule has 3 aromatic rings. The normalized spacial score (nSPS) is 16.9. The lowest BCUT2D eigenvalue weighted by Gasteiger charge is -2.37. The van der Waals surface area contributed by atoms with Crippen molar-refractivity contribution in [1.82, 2.24) is 9.88 Å². The number of aromatic nitrogens is 1. The maximum atomic E-state index is 5.57. The van der Waals surface area contributed by atoms with Crippen molar-refractivity contribution in [3.63, 3.8) is 0 Å². The fourth-order valence-corrected chi connectivity index (χ4v) is 4.55. The summed E-state index contributed by atoms with van der Waals surface area (Å²) in [5.74, 6) is 1.59. The molecule has 1 aromatic carbocycles. The van der Waals surface area contributed by atoms with Gasteiger partial charge in [-0.05, 0) is 52.8 Å². The Morgan fingerprint density at radius 1 is 1.15 bits per heavy atom. The third-order valence-electron chi connectivity index (χ3n) is 4.89. The number of methoxy groups -OCH3 is 2. The summed E-state index contributed by atoms with van der Waals surface area (Å²) in [6.07, 6.45) is 4.77. The topological polar surface area (TPSA) is 34.6 Å². The Morgan fingerprint density at radius 3 is 2.69 bits per heavy atom. The van der Waals surface area contributed by atoms with Gasteiger partial charge in [0.15, 0.2) is 11.5 Å². The van der Waals surface area contributed by atoms with Gasteiger partial charge < -0.3 is 9.47 Å². The zero-order chi connectivity index (χ0) is 17.9. The highest BCUT2D eigenvalue weighted by Gasteiger charge is 2.31. The fraction of sp³-hybridized carbons (Fsp3) is 0.286. The molecule has 5 heteroatoms. The molecule has 0 N–H and O–H groups in total. The van der Waals surface area contributed by atoms with Crippen molar-refractivity contribution in [3.8, 4) is 11.5 Å². The molecule has 1 atom stereocenters. The summed E-state index contributed by atoms with van der Waals surface area (Å²) in [4.78, 5) is 8.15. The Balaban J connectivity index is 1.77. The van der Waals surface area contributed by atoms with Crippen LogP contribution in [0.3, 0.4) is 0 Å². The van der Waals surface area contributed by atoms with Gasteiger partial charge in [-0.15, -0.1) is 11.3 Å². The van der Waals surface area contributed by atoms with Crippen LogP contribution >= 0.6 is 11.3 Å². The molecule has 0 bridgehead atoms. The summed E-state index contributed by atoms with van der Waals surface area (Å²) in [6, 6.07) is 13.0. The molecule has 0 spiro atoms. The van der Waals surface area contributed by atoms with Gasteiger partial charge in [0.1, 0.15) is 0 Å². The van der Waals surface area contributed by atoms with E-state index < -0.39 is 0 Å². The van der Waals surface area contributed by atoms with Gasteiger partial charge >= 0.3 is 0 Å². The van der Waals surface area contributed by atoms with E-state index in [2.05, 4.69) is 45.6 Å². The lowest BCUT2D eigenvalue weighted by atomic mass is 9.90.